The summed E-state index contributed by atoms with van der Waals surface area (Å²) in [6, 6.07) is 3.82. The van der Waals surface area contributed by atoms with Crippen LogP contribution >= 0.6 is 0 Å². The molecule has 0 spiro atoms. The van der Waals surface area contributed by atoms with Crippen molar-refractivity contribution in [3.8, 4) is 11.8 Å². The number of nitriles is 1. The van der Waals surface area contributed by atoms with Crippen LogP contribution in [-0.2, 0) is 6.54 Å². The van der Waals surface area contributed by atoms with Crippen molar-refractivity contribution in [3.05, 3.63) is 36.2 Å². The summed E-state index contributed by atoms with van der Waals surface area (Å²) in [5.74, 6) is 0.152. The molecular weight excluding hydrogens is 204 g/mol. The van der Waals surface area contributed by atoms with E-state index in [2.05, 4.69) is 20.4 Å². The molecule has 2 aromatic heterocycles. The molecule has 80 valence electrons. The van der Waals surface area contributed by atoms with Crippen molar-refractivity contribution in [2.75, 3.05) is 7.05 Å². The van der Waals surface area contributed by atoms with Crippen LogP contribution in [-0.4, -0.2) is 26.8 Å². The molecule has 0 bridgehead atoms. The number of aromatic nitrogens is 4. The number of nitrogens with zero attached hydrogens (tertiary/aromatic N) is 5. The van der Waals surface area contributed by atoms with Gasteiger partial charge in [-0.25, -0.2) is 9.67 Å². The topological polar surface area (TPSA) is 79.4 Å². The van der Waals surface area contributed by atoms with Crippen LogP contribution in [0.3, 0.4) is 0 Å². The summed E-state index contributed by atoms with van der Waals surface area (Å²) >= 11 is 0. The lowest BCUT2D eigenvalue weighted by molar-refractivity contribution is 0.803. The van der Waals surface area contributed by atoms with Gasteiger partial charge in [-0.1, -0.05) is 0 Å². The van der Waals surface area contributed by atoms with Crippen molar-refractivity contribution < 1.29 is 0 Å². The molecule has 0 unspecified atom stereocenters. The minimum Gasteiger partial charge on any atom is -0.316 e. The van der Waals surface area contributed by atoms with Crippen LogP contribution in [0.2, 0.25) is 0 Å². The molecule has 0 atom stereocenters. The third-order valence-corrected chi connectivity index (χ3v) is 2.02. The Balaban J connectivity index is 2.33. The second kappa shape index (κ2) is 4.51. The van der Waals surface area contributed by atoms with Crippen LogP contribution in [0.25, 0.3) is 5.69 Å². The van der Waals surface area contributed by atoms with E-state index < -0.39 is 0 Å². The average Bonchev–Trinajstić information content (AvgIpc) is 2.78. The van der Waals surface area contributed by atoms with Crippen LogP contribution < -0.4 is 5.32 Å². The highest BCUT2D eigenvalue weighted by Crippen LogP contribution is 2.07. The summed E-state index contributed by atoms with van der Waals surface area (Å²) in [5.41, 5.74) is 1.84. The molecule has 0 amide bonds. The maximum Gasteiger partial charge on any atom is 0.252 e. The largest absolute Gasteiger partial charge is 0.316 e. The van der Waals surface area contributed by atoms with Crippen molar-refractivity contribution in [1.29, 1.82) is 5.26 Å². The number of pyridine rings is 1. The monoisotopic (exact) mass is 214 g/mol. The van der Waals surface area contributed by atoms with E-state index >= 15 is 0 Å². The molecule has 6 heteroatoms. The van der Waals surface area contributed by atoms with Crippen LogP contribution in [0.15, 0.2) is 24.8 Å². The first kappa shape index (κ1) is 10.3. The first-order valence-electron chi connectivity index (χ1n) is 4.74. The smallest absolute Gasteiger partial charge is 0.252 e. The van der Waals surface area contributed by atoms with Gasteiger partial charge >= 0.3 is 0 Å². The van der Waals surface area contributed by atoms with E-state index in [9.17, 15) is 0 Å². The SMILES string of the molecule is CNCc1cncc(-n2cnc(C#N)n2)c1. The van der Waals surface area contributed by atoms with Gasteiger partial charge in [0, 0.05) is 12.7 Å². The zero-order valence-electron chi connectivity index (χ0n) is 8.75. The van der Waals surface area contributed by atoms with E-state index in [1.807, 2.05) is 19.2 Å². The molecule has 0 radical (unpaired) electrons. The molecule has 6 nitrogen and oxygen atoms in total. The number of nitrogens with one attached hydrogen (secondary N) is 1. The van der Waals surface area contributed by atoms with Gasteiger partial charge in [0.2, 0.25) is 0 Å². The van der Waals surface area contributed by atoms with E-state index in [4.69, 9.17) is 5.26 Å². The zero-order valence-corrected chi connectivity index (χ0v) is 8.75. The van der Waals surface area contributed by atoms with Crippen molar-refractivity contribution >= 4 is 0 Å². The van der Waals surface area contributed by atoms with E-state index in [-0.39, 0.29) is 5.82 Å². The second-order valence-electron chi connectivity index (χ2n) is 3.21. The molecule has 16 heavy (non-hydrogen) atoms. The van der Waals surface area contributed by atoms with Gasteiger partial charge in [-0.15, -0.1) is 5.10 Å². The lowest BCUT2D eigenvalue weighted by Gasteiger charge is -2.03. The van der Waals surface area contributed by atoms with Gasteiger partial charge in [0.05, 0.1) is 11.9 Å². The molecule has 2 aromatic rings. The Kier molecular flexibility index (Phi) is 2.89. The molecule has 2 rings (SSSR count). The van der Waals surface area contributed by atoms with Gasteiger partial charge in [0.25, 0.3) is 5.82 Å². The zero-order chi connectivity index (χ0) is 11.4. The minimum atomic E-state index is 0.152. The van der Waals surface area contributed by atoms with Crippen LogP contribution in [0, 0.1) is 11.3 Å². The van der Waals surface area contributed by atoms with Crippen molar-refractivity contribution in [2.45, 2.75) is 6.54 Å². The maximum atomic E-state index is 8.62. The molecule has 0 aliphatic heterocycles. The molecule has 0 aliphatic carbocycles. The Bertz CT molecular complexity index is 524. The molecule has 0 aliphatic rings. The van der Waals surface area contributed by atoms with Crippen molar-refractivity contribution in [1.82, 2.24) is 25.1 Å². The summed E-state index contributed by atoms with van der Waals surface area (Å²) in [6.07, 6.45) is 4.95. The molecule has 0 aromatic carbocycles. The number of rotatable bonds is 3. The highest BCUT2D eigenvalue weighted by molar-refractivity contribution is 5.31. The third kappa shape index (κ3) is 2.04. The summed E-state index contributed by atoms with van der Waals surface area (Å²) in [5, 5.41) is 15.6. The van der Waals surface area contributed by atoms with Gasteiger partial charge in [0.15, 0.2) is 0 Å². The van der Waals surface area contributed by atoms with Crippen LogP contribution in [0.4, 0.5) is 0 Å². The molecule has 0 saturated carbocycles. The predicted molar refractivity (Wildman–Crippen MR) is 56.6 cm³/mol. The van der Waals surface area contributed by atoms with Gasteiger partial charge in [0.1, 0.15) is 12.4 Å². The highest BCUT2D eigenvalue weighted by atomic mass is 15.3. The lowest BCUT2D eigenvalue weighted by atomic mass is 10.2. The summed E-state index contributed by atoms with van der Waals surface area (Å²) in [6.45, 7) is 0.737. The molecular formula is C10H10N6. The maximum absolute atomic E-state index is 8.62. The fraction of sp³-hybridized carbons (Fsp3) is 0.200. The van der Waals surface area contributed by atoms with Crippen molar-refractivity contribution in [3.63, 3.8) is 0 Å². The Morgan fingerprint density at radius 3 is 3.06 bits per heavy atom. The van der Waals surface area contributed by atoms with Crippen LogP contribution in [0.5, 0.6) is 0 Å². The molecule has 2 heterocycles. The minimum absolute atomic E-state index is 0.152. The first-order chi connectivity index (χ1) is 7.83. The summed E-state index contributed by atoms with van der Waals surface area (Å²) in [7, 11) is 1.87. The van der Waals surface area contributed by atoms with Gasteiger partial charge in [-0.2, -0.15) is 5.26 Å². The average molecular weight is 214 g/mol. The normalized spacial score (nSPS) is 10.0. The molecule has 1 N–H and O–H groups in total. The molecule has 0 saturated heterocycles. The lowest BCUT2D eigenvalue weighted by Crippen LogP contribution is -2.06. The molecule has 0 fully saturated rings. The second-order valence-corrected chi connectivity index (χ2v) is 3.21. The quantitative estimate of drug-likeness (QED) is 0.792. The standard InChI is InChI=1S/C10H10N6/c1-12-4-8-2-9(6-13-5-8)16-7-14-10(3-11)15-16/h2,5-7,12H,4H2,1H3. The first-order valence-corrected chi connectivity index (χ1v) is 4.74. The van der Waals surface area contributed by atoms with Gasteiger partial charge in [-0.05, 0) is 18.7 Å². The van der Waals surface area contributed by atoms with Crippen LogP contribution in [0.1, 0.15) is 11.4 Å². The Morgan fingerprint density at radius 1 is 1.50 bits per heavy atom. The van der Waals surface area contributed by atoms with E-state index in [0.29, 0.717) is 0 Å². The summed E-state index contributed by atoms with van der Waals surface area (Å²) in [4.78, 5) is 7.94. The van der Waals surface area contributed by atoms with E-state index in [0.717, 1.165) is 17.8 Å². The fourth-order valence-electron chi connectivity index (χ4n) is 1.34. The summed E-state index contributed by atoms with van der Waals surface area (Å²) < 4.78 is 1.53. The van der Waals surface area contributed by atoms with Gasteiger partial charge in [-0.3, -0.25) is 4.98 Å². The Hall–Kier alpha value is -2.26. The number of hydrogen-bond donors (Lipinski definition) is 1. The Morgan fingerprint density at radius 2 is 2.38 bits per heavy atom. The van der Waals surface area contributed by atoms with Gasteiger partial charge < -0.3 is 5.32 Å². The van der Waals surface area contributed by atoms with Crippen molar-refractivity contribution in [2.24, 2.45) is 0 Å². The van der Waals surface area contributed by atoms with E-state index in [1.165, 1.54) is 11.0 Å². The fourth-order valence-corrected chi connectivity index (χ4v) is 1.34. The predicted octanol–water partition coefficient (Wildman–Crippen LogP) is 0.253. The third-order valence-electron chi connectivity index (χ3n) is 2.02. The highest BCUT2D eigenvalue weighted by Gasteiger charge is 2.02. The Labute approximate surface area is 92.6 Å². The number of hydrogen-bond acceptors (Lipinski definition) is 5. The van der Waals surface area contributed by atoms with E-state index in [1.54, 1.807) is 12.4 Å².